The number of benzene rings is 2. The van der Waals surface area contributed by atoms with Crippen molar-refractivity contribution in [3.63, 3.8) is 0 Å². The number of nitrogens with zero attached hydrogens (tertiary/aromatic N) is 3. The normalized spacial score (nSPS) is 11.7. The average Bonchev–Trinajstić information content (AvgIpc) is 3.12. The van der Waals surface area contributed by atoms with Crippen molar-refractivity contribution in [1.82, 2.24) is 4.57 Å². The molecule has 0 aliphatic heterocycles. The Bertz CT molecular complexity index is 1290. The smallest absolute Gasteiger partial charge is 0.325 e. The highest BCUT2D eigenvalue weighted by Gasteiger charge is 2.15. The van der Waals surface area contributed by atoms with E-state index in [0.717, 1.165) is 4.70 Å². The molecule has 0 spiro atoms. The van der Waals surface area contributed by atoms with E-state index in [4.69, 9.17) is 14.2 Å². The van der Waals surface area contributed by atoms with Crippen LogP contribution in [0.5, 0.6) is 11.5 Å². The third-order valence-electron chi connectivity index (χ3n) is 4.41. The van der Waals surface area contributed by atoms with E-state index in [1.165, 1.54) is 63.0 Å². The van der Waals surface area contributed by atoms with Crippen molar-refractivity contribution in [2.45, 2.75) is 6.54 Å². The second-order valence-corrected chi connectivity index (χ2v) is 7.37. The molecular weight excluding hydrogens is 438 g/mol. The molecule has 2 aromatic carbocycles. The number of rotatable bonds is 7. The molecule has 0 radical (unpaired) electrons. The molecule has 0 aliphatic rings. The lowest BCUT2D eigenvalue weighted by molar-refractivity contribution is -0.384. The molecule has 0 atom stereocenters. The van der Waals surface area contributed by atoms with E-state index in [1.807, 2.05) is 0 Å². The van der Waals surface area contributed by atoms with Crippen LogP contribution in [0.4, 0.5) is 5.69 Å². The quantitative estimate of drug-likeness (QED) is 0.231. The maximum atomic E-state index is 12.5. The Morgan fingerprint density at radius 1 is 1.16 bits per heavy atom. The number of thiazole rings is 1. The van der Waals surface area contributed by atoms with Gasteiger partial charge in [0.15, 0.2) is 16.3 Å². The monoisotopic (exact) mass is 457 g/mol. The minimum absolute atomic E-state index is 0.0835. The van der Waals surface area contributed by atoms with E-state index >= 15 is 0 Å². The van der Waals surface area contributed by atoms with Crippen molar-refractivity contribution < 1.29 is 28.7 Å². The van der Waals surface area contributed by atoms with Crippen LogP contribution in [0.3, 0.4) is 0 Å². The SMILES string of the molecule is COC(=O)Cn1c(=NC(=O)/C=C/c2cccc([N+](=O)[O-])c2)sc2cc(OC)c(OC)cc21. The van der Waals surface area contributed by atoms with E-state index in [2.05, 4.69) is 4.99 Å². The van der Waals surface area contributed by atoms with Crippen molar-refractivity contribution in [3.05, 3.63) is 63.0 Å². The fraction of sp³-hybridized carbons (Fsp3) is 0.190. The molecule has 0 bridgehead atoms. The number of aromatic nitrogens is 1. The lowest BCUT2D eigenvalue weighted by atomic mass is 10.2. The van der Waals surface area contributed by atoms with Crippen LogP contribution in [-0.4, -0.2) is 42.7 Å². The third-order valence-corrected chi connectivity index (χ3v) is 5.45. The molecule has 0 aliphatic carbocycles. The second kappa shape index (κ2) is 9.88. The summed E-state index contributed by atoms with van der Waals surface area (Å²) in [6.45, 7) is -0.160. The Balaban J connectivity index is 2.04. The predicted molar refractivity (Wildman–Crippen MR) is 118 cm³/mol. The molecule has 32 heavy (non-hydrogen) atoms. The van der Waals surface area contributed by atoms with E-state index in [9.17, 15) is 19.7 Å². The van der Waals surface area contributed by atoms with Gasteiger partial charge in [-0.3, -0.25) is 19.7 Å². The van der Waals surface area contributed by atoms with Crippen molar-refractivity contribution >= 4 is 45.2 Å². The highest BCUT2D eigenvalue weighted by atomic mass is 32.1. The van der Waals surface area contributed by atoms with Crippen molar-refractivity contribution in [2.24, 2.45) is 4.99 Å². The number of esters is 1. The average molecular weight is 457 g/mol. The van der Waals surface area contributed by atoms with Crippen molar-refractivity contribution in [2.75, 3.05) is 21.3 Å². The van der Waals surface area contributed by atoms with Gasteiger partial charge in [0.2, 0.25) is 0 Å². The number of hydrogen-bond acceptors (Lipinski definition) is 8. The summed E-state index contributed by atoms with van der Waals surface area (Å²) in [5.41, 5.74) is 1.02. The van der Waals surface area contributed by atoms with Gasteiger partial charge < -0.3 is 18.8 Å². The van der Waals surface area contributed by atoms with Crippen LogP contribution in [0.2, 0.25) is 0 Å². The van der Waals surface area contributed by atoms with E-state index in [1.54, 1.807) is 22.8 Å². The first-order valence-corrected chi connectivity index (χ1v) is 10.0. The molecule has 0 fully saturated rings. The summed E-state index contributed by atoms with van der Waals surface area (Å²) in [4.78, 5) is 39.2. The largest absolute Gasteiger partial charge is 0.493 e. The molecule has 0 unspecified atom stereocenters. The summed E-state index contributed by atoms with van der Waals surface area (Å²) in [6.07, 6.45) is 2.63. The number of carbonyl (C=O) groups excluding carboxylic acids is 2. The molecule has 0 N–H and O–H groups in total. The number of methoxy groups -OCH3 is 3. The number of ether oxygens (including phenoxy) is 3. The van der Waals surface area contributed by atoms with E-state index < -0.39 is 16.8 Å². The number of fused-ring (bicyclic) bond motifs is 1. The number of amides is 1. The zero-order chi connectivity index (χ0) is 23.3. The Kier molecular flexibility index (Phi) is 7.00. The highest BCUT2D eigenvalue weighted by molar-refractivity contribution is 7.16. The fourth-order valence-electron chi connectivity index (χ4n) is 2.87. The number of nitro groups is 1. The van der Waals surface area contributed by atoms with Crippen LogP contribution in [0.15, 0.2) is 47.5 Å². The maximum absolute atomic E-state index is 12.5. The van der Waals surface area contributed by atoms with E-state index in [-0.39, 0.29) is 17.0 Å². The fourth-order valence-corrected chi connectivity index (χ4v) is 3.91. The molecular formula is C21H19N3O7S. The molecule has 0 saturated heterocycles. The van der Waals surface area contributed by atoms with E-state index in [0.29, 0.717) is 22.6 Å². The summed E-state index contributed by atoms with van der Waals surface area (Å²) >= 11 is 1.19. The number of carbonyl (C=O) groups is 2. The van der Waals surface area contributed by atoms with Crippen LogP contribution in [0.1, 0.15) is 5.56 Å². The molecule has 3 rings (SSSR count). The van der Waals surface area contributed by atoms with Crippen molar-refractivity contribution in [3.8, 4) is 11.5 Å². The number of nitro benzene ring substituents is 1. The summed E-state index contributed by atoms with van der Waals surface area (Å²) < 4.78 is 17.7. The second-order valence-electron chi connectivity index (χ2n) is 6.36. The molecule has 1 aromatic heterocycles. The van der Waals surface area contributed by atoms with Gasteiger partial charge >= 0.3 is 5.97 Å². The molecule has 11 heteroatoms. The summed E-state index contributed by atoms with van der Waals surface area (Å²) in [5, 5.41) is 10.9. The van der Waals surface area contributed by atoms with Gasteiger partial charge in [0.25, 0.3) is 11.6 Å². The lowest BCUT2D eigenvalue weighted by Gasteiger charge is -2.08. The maximum Gasteiger partial charge on any atom is 0.325 e. The zero-order valence-electron chi connectivity index (χ0n) is 17.4. The highest BCUT2D eigenvalue weighted by Crippen LogP contribution is 2.33. The standard InChI is InChI=1S/C21H19N3O7S/c1-29-16-10-15-18(11-17(16)30-2)32-21(23(15)12-20(26)31-3)22-19(25)8-7-13-5-4-6-14(9-13)24(27)28/h4-11H,12H2,1-3H3/b8-7+,22-21?. The van der Waals surface area contributed by atoms with Crippen molar-refractivity contribution in [1.29, 1.82) is 0 Å². The molecule has 0 saturated carbocycles. The summed E-state index contributed by atoms with van der Waals surface area (Å²) in [6, 6.07) is 9.28. The van der Waals surface area contributed by atoms with Gasteiger partial charge in [-0.1, -0.05) is 23.5 Å². The minimum Gasteiger partial charge on any atom is -0.493 e. The molecule has 3 aromatic rings. The van der Waals surface area contributed by atoms with Crippen LogP contribution in [-0.2, 0) is 20.9 Å². The molecule has 166 valence electrons. The van der Waals surface area contributed by atoms with Gasteiger partial charge in [0, 0.05) is 30.3 Å². The van der Waals surface area contributed by atoms with Crippen LogP contribution < -0.4 is 14.3 Å². The number of non-ortho nitro benzene ring substituents is 1. The van der Waals surface area contributed by atoms with Gasteiger partial charge in [-0.25, -0.2) is 0 Å². The first-order chi connectivity index (χ1) is 15.4. The van der Waals surface area contributed by atoms with Crippen LogP contribution >= 0.6 is 11.3 Å². The van der Waals surface area contributed by atoms with Gasteiger partial charge in [0.05, 0.1) is 36.5 Å². The van der Waals surface area contributed by atoms with Gasteiger partial charge in [0.1, 0.15) is 6.54 Å². The first kappa shape index (κ1) is 22.7. The molecule has 1 heterocycles. The summed E-state index contributed by atoms with van der Waals surface area (Å²) in [5.74, 6) is -0.157. The van der Waals surface area contributed by atoms with Gasteiger partial charge in [-0.2, -0.15) is 4.99 Å². The third kappa shape index (κ3) is 5.01. The topological polar surface area (TPSA) is 122 Å². The Morgan fingerprint density at radius 3 is 2.53 bits per heavy atom. The number of hydrogen-bond donors (Lipinski definition) is 0. The van der Waals surface area contributed by atoms with Gasteiger partial charge in [-0.15, -0.1) is 0 Å². The molecule has 1 amide bonds. The van der Waals surface area contributed by atoms with Crippen LogP contribution in [0, 0.1) is 10.1 Å². The molecule has 10 nitrogen and oxygen atoms in total. The summed E-state index contributed by atoms with van der Waals surface area (Å²) in [7, 11) is 4.27. The Labute approximate surface area is 186 Å². The Hall–Kier alpha value is -3.99. The predicted octanol–water partition coefficient (Wildman–Crippen LogP) is 2.94. The van der Waals surface area contributed by atoms with Gasteiger partial charge in [-0.05, 0) is 11.6 Å². The zero-order valence-corrected chi connectivity index (χ0v) is 18.3. The van der Waals surface area contributed by atoms with Crippen LogP contribution in [0.25, 0.3) is 16.3 Å². The lowest BCUT2D eigenvalue weighted by Crippen LogP contribution is -2.22. The first-order valence-electron chi connectivity index (χ1n) is 9.19. The minimum atomic E-state index is -0.597. The Morgan fingerprint density at radius 2 is 1.88 bits per heavy atom.